The Morgan fingerprint density at radius 1 is 1.35 bits per heavy atom. The zero-order valence-electron chi connectivity index (χ0n) is 13.4. The molecule has 0 saturated carbocycles. The highest BCUT2D eigenvalue weighted by molar-refractivity contribution is 7.98. The zero-order valence-corrected chi connectivity index (χ0v) is 14.2. The molecule has 6 nitrogen and oxygen atoms in total. The number of nitrogens with zero attached hydrogens (tertiary/aromatic N) is 1. The lowest BCUT2D eigenvalue weighted by molar-refractivity contribution is -0.145. The number of carbonyl (C=O) groups is 2. The van der Waals surface area contributed by atoms with Crippen LogP contribution < -0.4 is 5.32 Å². The van der Waals surface area contributed by atoms with Crippen LogP contribution in [0.3, 0.4) is 0 Å². The first kappa shape index (κ1) is 16.0. The minimum atomic E-state index is -0.648. The number of amides is 1. The van der Waals surface area contributed by atoms with Gasteiger partial charge in [-0.15, -0.1) is 0 Å². The molecule has 1 saturated heterocycles. The number of ether oxygens (including phenoxy) is 2. The lowest BCUT2D eigenvalue weighted by Gasteiger charge is -2.31. The van der Waals surface area contributed by atoms with Gasteiger partial charge in [-0.3, -0.25) is 4.90 Å². The monoisotopic (exact) mass is 336 g/mol. The van der Waals surface area contributed by atoms with E-state index >= 15 is 0 Å². The summed E-state index contributed by atoms with van der Waals surface area (Å²) in [7, 11) is 2.67. The second kappa shape index (κ2) is 5.96. The molecule has 7 heteroatoms. The van der Waals surface area contributed by atoms with Crippen LogP contribution in [0, 0.1) is 0 Å². The molecule has 3 rings (SSSR count). The van der Waals surface area contributed by atoms with Crippen molar-refractivity contribution < 1.29 is 19.1 Å². The van der Waals surface area contributed by atoms with Gasteiger partial charge in [0.05, 0.1) is 14.2 Å². The summed E-state index contributed by atoms with van der Waals surface area (Å²) in [6.45, 7) is 0. The van der Waals surface area contributed by atoms with Crippen LogP contribution in [0.1, 0.15) is 12.0 Å². The van der Waals surface area contributed by atoms with Crippen molar-refractivity contribution in [2.45, 2.75) is 24.0 Å². The molecule has 2 heterocycles. The van der Waals surface area contributed by atoms with Crippen molar-refractivity contribution in [1.82, 2.24) is 4.90 Å². The van der Waals surface area contributed by atoms with E-state index < -0.39 is 18.1 Å². The van der Waals surface area contributed by atoms with Crippen LogP contribution in [0.15, 0.2) is 24.3 Å². The molecule has 0 radical (unpaired) electrons. The predicted molar refractivity (Wildman–Crippen MR) is 88.6 cm³/mol. The molecule has 0 unspecified atom stereocenters. The Labute approximate surface area is 139 Å². The molecule has 124 valence electrons. The molecule has 0 spiro atoms. The highest BCUT2D eigenvalue weighted by atomic mass is 32.2. The minimum absolute atomic E-state index is 0.316. The van der Waals surface area contributed by atoms with Crippen LogP contribution in [0.25, 0.3) is 0 Å². The lowest BCUT2D eigenvalue weighted by Crippen LogP contribution is -2.50. The van der Waals surface area contributed by atoms with Crippen LogP contribution in [0.4, 0.5) is 10.5 Å². The highest BCUT2D eigenvalue weighted by Gasteiger charge is 2.61. The molecular weight excluding hydrogens is 316 g/mol. The second-order valence-electron chi connectivity index (χ2n) is 5.80. The van der Waals surface area contributed by atoms with E-state index in [0.717, 1.165) is 17.0 Å². The number of benzene rings is 1. The van der Waals surface area contributed by atoms with Gasteiger partial charge in [-0.05, 0) is 24.3 Å². The van der Waals surface area contributed by atoms with Crippen LogP contribution in [-0.2, 0) is 19.7 Å². The fourth-order valence-corrected chi connectivity index (χ4v) is 4.75. The Hall–Kier alpha value is -1.89. The van der Waals surface area contributed by atoms with E-state index in [1.54, 1.807) is 11.8 Å². The normalized spacial score (nSPS) is 27.9. The number of hydrogen-bond acceptors (Lipinski definition) is 6. The summed E-state index contributed by atoms with van der Waals surface area (Å²) < 4.78 is 9.83. The van der Waals surface area contributed by atoms with Crippen molar-refractivity contribution in [2.75, 3.05) is 31.5 Å². The molecule has 1 aromatic rings. The van der Waals surface area contributed by atoms with Gasteiger partial charge in [0, 0.05) is 16.9 Å². The maximum atomic E-state index is 12.3. The summed E-state index contributed by atoms with van der Waals surface area (Å²) in [4.78, 5) is 26.1. The summed E-state index contributed by atoms with van der Waals surface area (Å²) in [5.41, 5.74) is 1.81. The van der Waals surface area contributed by atoms with Crippen molar-refractivity contribution in [1.29, 1.82) is 0 Å². The van der Waals surface area contributed by atoms with Gasteiger partial charge in [-0.25, -0.2) is 9.59 Å². The van der Waals surface area contributed by atoms with Gasteiger partial charge < -0.3 is 14.8 Å². The number of nitrogens with one attached hydrogen (secondary N) is 1. The van der Waals surface area contributed by atoms with Crippen molar-refractivity contribution >= 4 is 29.5 Å². The number of para-hydroxylation sites is 1. The summed E-state index contributed by atoms with van der Waals surface area (Å²) in [6.07, 6.45) is 1.71. The molecular formula is C16H20N2O4S. The summed E-state index contributed by atoms with van der Waals surface area (Å²) in [6, 6.07) is 7.36. The number of anilines is 1. The summed E-state index contributed by atoms with van der Waals surface area (Å²) in [5.74, 6) is 0.382. The number of carbonyl (C=O) groups excluding carboxylic acids is 2. The first-order chi connectivity index (χ1) is 11.1. The molecule has 0 aromatic heterocycles. The number of methoxy groups -OCH3 is 2. The lowest BCUT2D eigenvalue weighted by atomic mass is 9.80. The molecule has 1 amide bonds. The van der Waals surface area contributed by atoms with Gasteiger partial charge >= 0.3 is 12.1 Å². The Morgan fingerprint density at radius 3 is 2.74 bits per heavy atom. The molecule has 2 aliphatic rings. The molecule has 23 heavy (non-hydrogen) atoms. The largest absolute Gasteiger partial charge is 0.467 e. The van der Waals surface area contributed by atoms with Crippen LogP contribution in [0.2, 0.25) is 0 Å². The first-order valence-corrected chi connectivity index (χ1v) is 8.77. The number of hydrogen-bond donors (Lipinski definition) is 1. The Kier molecular flexibility index (Phi) is 4.14. The third-order valence-electron chi connectivity index (χ3n) is 4.71. The molecule has 0 bridgehead atoms. The van der Waals surface area contributed by atoms with Crippen LogP contribution >= 0.6 is 11.8 Å². The van der Waals surface area contributed by atoms with Gasteiger partial charge in [0.15, 0.2) is 0 Å². The molecule has 1 N–H and O–H groups in total. The van der Waals surface area contributed by atoms with E-state index in [1.165, 1.54) is 19.1 Å². The SMILES string of the molecule is COC(=O)[C@@H]1C[C@@]2(CSC)c3ccccc3N[C@H]2N1C(=O)OC. The predicted octanol–water partition coefficient (Wildman–Crippen LogP) is 2.05. The van der Waals surface area contributed by atoms with E-state index in [9.17, 15) is 9.59 Å². The maximum absolute atomic E-state index is 12.3. The quantitative estimate of drug-likeness (QED) is 0.852. The fraction of sp³-hybridized carbons (Fsp3) is 0.500. The number of esters is 1. The van der Waals surface area contributed by atoms with E-state index in [-0.39, 0.29) is 11.6 Å². The third kappa shape index (κ3) is 2.25. The summed E-state index contributed by atoms with van der Waals surface area (Å²) in [5, 5.41) is 3.40. The van der Waals surface area contributed by atoms with Crippen LogP contribution in [0.5, 0.6) is 0 Å². The number of thioether (sulfide) groups is 1. The van der Waals surface area contributed by atoms with Gasteiger partial charge in [0.25, 0.3) is 0 Å². The molecule has 1 fully saturated rings. The van der Waals surface area contributed by atoms with E-state index in [2.05, 4.69) is 11.4 Å². The highest BCUT2D eigenvalue weighted by Crippen LogP contribution is 2.52. The smallest absolute Gasteiger partial charge is 0.411 e. The van der Waals surface area contributed by atoms with Gasteiger partial charge in [0.1, 0.15) is 12.2 Å². The van der Waals surface area contributed by atoms with E-state index in [4.69, 9.17) is 9.47 Å². The molecule has 2 aliphatic heterocycles. The van der Waals surface area contributed by atoms with E-state index in [1.807, 2.05) is 24.5 Å². The second-order valence-corrected chi connectivity index (χ2v) is 6.67. The van der Waals surface area contributed by atoms with Crippen molar-refractivity contribution in [3.63, 3.8) is 0 Å². The van der Waals surface area contributed by atoms with Crippen molar-refractivity contribution in [3.8, 4) is 0 Å². The molecule has 3 atom stereocenters. The van der Waals surface area contributed by atoms with Crippen LogP contribution in [-0.4, -0.2) is 55.4 Å². The first-order valence-electron chi connectivity index (χ1n) is 7.38. The average molecular weight is 336 g/mol. The van der Waals surface area contributed by atoms with E-state index in [0.29, 0.717) is 6.42 Å². The van der Waals surface area contributed by atoms with Gasteiger partial charge in [-0.1, -0.05) is 18.2 Å². The van der Waals surface area contributed by atoms with Crippen molar-refractivity contribution in [3.05, 3.63) is 29.8 Å². The average Bonchev–Trinajstić information content (AvgIpc) is 3.04. The molecule has 1 aromatic carbocycles. The Balaban J connectivity index is 2.10. The third-order valence-corrected chi connectivity index (χ3v) is 5.52. The molecule has 0 aliphatic carbocycles. The standard InChI is InChI=1S/C16H20N2O4S/c1-21-13(19)12-8-16(9-23-3)10-6-4-5-7-11(10)17-14(16)18(12)15(20)22-2/h4-7,12,14,17H,8-9H2,1-3H3/t12-,14-,16+/m0/s1. The maximum Gasteiger partial charge on any atom is 0.411 e. The number of rotatable bonds is 3. The van der Waals surface area contributed by atoms with Gasteiger partial charge in [-0.2, -0.15) is 11.8 Å². The zero-order chi connectivity index (χ0) is 16.6. The number of fused-ring (bicyclic) bond motifs is 3. The Morgan fingerprint density at radius 2 is 2.09 bits per heavy atom. The summed E-state index contributed by atoms with van der Waals surface area (Å²) >= 11 is 1.70. The Bertz CT molecular complexity index is 638. The fourth-order valence-electron chi connectivity index (χ4n) is 3.80. The topological polar surface area (TPSA) is 67.9 Å². The van der Waals surface area contributed by atoms with Gasteiger partial charge in [0.2, 0.25) is 0 Å². The number of likely N-dealkylation sites (tertiary alicyclic amines) is 1. The van der Waals surface area contributed by atoms with Crippen molar-refractivity contribution in [2.24, 2.45) is 0 Å². The minimum Gasteiger partial charge on any atom is -0.467 e.